The van der Waals surface area contributed by atoms with Gasteiger partial charge in [-0.1, -0.05) is 98.0 Å². The Balaban J connectivity index is 3.16. The fourth-order valence-corrected chi connectivity index (χ4v) is 4.41. The highest BCUT2D eigenvalue weighted by molar-refractivity contribution is 5.85. The van der Waals surface area contributed by atoms with E-state index in [1.54, 1.807) is 0 Å². The first-order valence-corrected chi connectivity index (χ1v) is 13.2. The summed E-state index contributed by atoms with van der Waals surface area (Å²) >= 11 is 0. The molecular weight excluding hydrogens is 396 g/mol. The molecule has 0 fully saturated rings. The van der Waals surface area contributed by atoms with E-state index in [1.165, 1.54) is 25.7 Å². The molecule has 1 rings (SSSR count). The summed E-state index contributed by atoms with van der Waals surface area (Å²) < 4.78 is 0. The molecular formula is C28H50N2O2. The quantitative estimate of drug-likeness (QED) is 0.230. The van der Waals surface area contributed by atoms with E-state index in [4.69, 9.17) is 0 Å². The Morgan fingerprint density at radius 2 is 1.44 bits per heavy atom. The number of allylic oxidation sites excluding steroid dienone is 3. The van der Waals surface area contributed by atoms with E-state index in [0.717, 1.165) is 25.7 Å². The number of nitrogens with one attached hydrogen (secondary N) is 2. The number of hydrogen-bond acceptors (Lipinski definition) is 2. The van der Waals surface area contributed by atoms with Gasteiger partial charge in [0.05, 0.1) is 11.8 Å². The third kappa shape index (κ3) is 10.4. The van der Waals surface area contributed by atoms with Gasteiger partial charge in [0.2, 0.25) is 11.8 Å². The minimum absolute atomic E-state index is 0.0480. The van der Waals surface area contributed by atoms with E-state index in [2.05, 4.69) is 76.5 Å². The SMILES string of the molecule is CCCCCC=C[C@H]1[C@H](C(=O)NCC(C)C)[C@H](CCCCC)C=C[C@@H]1C(=O)NCC(C)C. The maximum Gasteiger partial charge on any atom is 0.227 e. The van der Waals surface area contributed by atoms with Crippen LogP contribution < -0.4 is 10.6 Å². The maximum absolute atomic E-state index is 13.4. The Labute approximate surface area is 198 Å². The van der Waals surface area contributed by atoms with Gasteiger partial charge < -0.3 is 10.6 Å². The van der Waals surface area contributed by atoms with Crippen LogP contribution in [0.4, 0.5) is 0 Å². The van der Waals surface area contributed by atoms with Crippen LogP contribution in [0.25, 0.3) is 0 Å². The molecule has 0 aromatic rings. The molecule has 0 bridgehead atoms. The molecule has 0 unspecified atom stereocenters. The lowest BCUT2D eigenvalue weighted by Gasteiger charge is -2.37. The number of unbranched alkanes of at least 4 members (excludes halogenated alkanes) is 5. The van der Waals surface area contributed by atoms with Crippen LogP contribution in [-0.4, -0.2) is 24.9 Å². The van der Waals surface area contributed by atoms with Crippen molar-refractivity contribution in [3.05, 3.63) is 24.3 Å². The Hall–Kier alpha value is -1.58. The minimum atomic E-state index is -0.284. The summed E-state index contributed by atoms with van der Waals surface area (Å²) in [7, 11) is 0. The van der Waals surface area contributed by atoms with E-state index >= 15 is 0 Å². The summed E-state index contributed by atoms with van der Waals surface area (Å²) in [5.74, 6) is 0.592. The van der Waals surface area contributed by atoms with Gasteiger partial charge in [-0.15, -0.1) is 0 Å². The lowest BCUT2D eigenvalue weighted by atomic mass is 9.68. The molecule has 184 valence electrons. The predicted molar refractivity (Wildman–Crippen MR) is 136 cm³/mol. The van der Waals surface area contributed by atoms with E-state index in [-0.39, 0.29) is 35.5 Å². The van der Waals surface area contributed by atoms with Crippen LogP contribution in [0.5, 0.6) is 0 Å². The van der Waals surface area contributed by atoms with Crippen LogP contribution in [0, 0.1) is 35.5 Å². The van der Waals surface area contributed by atoms with Gasteiger partial charge in [-0.25, -0.2) is 0 Å². The zero-order chi connectivity index (χ0) is 23.9. The van der Waals surface area contributed by atoms with Crippen molar-refractivity contribution in [2.75, 3.05) is 13.1 Å². The van der Waals surface area contributed by atoms with Gasteiger partial charge in [-0.05, 0) is 37.0 Å². The van der Waals surface area contributed by atoms with Crippen molar-refractivity contribution < 1.29 is 9.59 Å². The van der Waals surface area contributed by atoms with Crippen LogP contribution in [0.15, 0.2) is 24.3 Å². The van der Waals surface area contributed by atoms with Crippen LogP contribution in [0.2, 0.25) is 0 Å². The highest BCUT2D eigenvalue weighted by Crippen LogP contribution is 2.38. The Kier molecular flexibility index (Phi) is 14.3. The van der Waals surface area contributed by atoms with E-state index in [0.29, 0.717) is 24.9 Å². The number of rotatable bonds is 15. The van der Waals surface area contributed by atoms with Crippen molar-refractivity contribution >= 4 is 11.8 Å². The van der Waals surface area contributed by atoms with Crippen LogP contribution in [0.3, 0.4) is 0 Å². The molecule has 0 aromatic heterocycles. The van der Waals surface area contributed by atoms with Gasteiger partial charge in [0.15, 0.2) is 0 Å². The molecule has 0 aromatic carbocycles. The van der Waals surface area contributed by atoms with E-state index in [1.807, 2.05) is 0 Å². The molecule has 4 nitrogen and oxygen atoms in total. The maximum atomic E-state index is 13.4. The molecule has 32 heavy (non-hydrogen) atoms. The molecule has 1 aliphatic carbocycles. The first kappa shape index (κ1) is 28.5. The highest BCUT2D eigenvalue weighted by Gasteiger charge is 2.41. The summed E-state index contributed by atoms with van der Waals surface area (Å²) in [5, 5.41) is 6.30. The molecule has 4 atom stereocenters. The monoisotopic (exact) mass is 446 g/mol. The van der Waals surface area contributed by atoms with Gasteiger partial charge >= 0.3 is 0 Å². The Morgan fingerprint density at radius 3 is 2.03 bits per heavy atom. The van der Waals surface area contributed by atoms with Crippen LogP contribution in [-0.2, 0) is 9.59 Å². The van der Waals surface area contributed by atoms with Crippen molar-refractivity contribution in [2.45, 2.75) is 92.9 Å². The van der Waals surface area contributed by atoms with Gasteiger partial charge in [-0.2, -0.15) is 0 Å². The Morgan fingerprint density at radius 1 is 0.844 bits per heavy atom. The molecule has 0 spiro atoms. The minimum Gasteiger partial charge on any atom is -0.356 e. The molecule has 0 radical (unpaired) electrons. The predicted octanol–water partition coefficient (Wildman–Crippen LogP) is 6.28. The molecule has 2 N–H and O–H groups in total. The smallest absolute Gasteiger partial charge is 0.227 e. The van der Waals surface area contributed by atoms with Gasteiger partial charge in [0.1, 0.15) is 0 Å². The molecule has 2 amide bonds. The molecule has 0 saturated carbocycles. The molecule has 1 aliphatic rings. The number of amides is 2. The van der Waals surface area contributed by atoms with Gasteiger partial charge in [0, 0.05) is 19.0 Å². The van der Waals surface area contributed by atoms with Crippen LogP contribution in [0.1, 0.15) is 92.9 Å². The normalized spacial score (nSPS) is 23.2. The van der Waals surface area contributed by atoms with Crippen molar-refractivity contribution in [1.29, 1.82) is 0 Å². The highest BCUT2D eigenvalue weighted by atomic mass is 16.2. The number of carbonyl (C=O) groups is 2. The molecule has 0 saturated heterocycles. The number of carbonyl (C=O) groups excluding carboxylic acids is 2. The third-order valence-corrected chi connectivity index (χ3v) is 6.30. The first-order chi connectivity index (χ1) is 15.3. The summed E-state index contributed by atoms with van der Waals surface area (Å²) in [6.07, 6.45) is 17.7. The molecule has 0 aliphatic heterocycles. The second-order valence-electron chi connectivity index (χ2n) is 10.4. The van der Waals surface area contributed by atoms with Crippen molar-refractivity contribution in [2.24, 2.45) is 35.5 Å². The van der Waals surface area contributed by atoms with Crippen LogP contribution >= 0.6 is 0 Å². The fourth-order valence-electron chi connectivity index (χ4n) is 4.41. The zero-order valence-corrected chi connectivity index (χ0v) is 21.7. The summed E-state index contributed by atoms with van der Waals surface area (Å²) in [4.78, 5) is 26.5. The summed E-state index contributed by atoms with van der Waals surface area (Å²) in [6.45, 7) is 14.2. The second-order valence-corrected chi connectivity index (χ2v) is 10.4. The third-order valence-electron chi connectivity index (χ3n) is 6.30. The number of hydrogen-bond donors (Lipinski definition) is 2. The van der Waals surface area contributed by atoms with E-state index < -0.39 is 0 Å². The largest absolute Gasteiger partial charge is 0.356 e. The zero-order valence-electron chi connectivity index (χ0n) is 21.7. The van der Waals surface area contributed by atoms with Crippen molar-refractivity contribution in [3.8, 4) is 0 Å². The molecule has 0 heterocycles. The average Bonchev–Trinajstić information content (AvgIpc) is 2.75. The van der Waals surface area contributed by atoms with E-state index in [9.17, 15) is 9.59 Å². The standard InChI is InChI=1S/C28H50N2O2/c1-7-9-11-12-14-16-24-25(27(31)29-19-21(3)4)18-17-23(15-13-10-8-2)26(24)28(32)30-20-22(5)6/h14,16-18,21-26H,7-13,15,19-20H2,1-6H3,(H,29,31)(H,30,32)/t23-,24-,25+,26-/m1/s1. The van der Waals surface area contributed by atoms with Gasteiger partial charge in [0.25, 0.3) is 0 Å². The average molecular weight is 447 g/mol. The second kappa shape index (κ2) is 16.1. The lowest BCUT2D eigenvalue weighted by Crippen LogP contribution is -2.47. The Bertz CT molecular complexity index is 594. The summed E-state index contributed by atoms with van der Waals surface area (Å²) in [6, 6.07) is 0. The topological polar surface area (TPSA) is 58.2 Å². The van der Waals surface area contributed by atoms with Gasteiger partial charge in [-0.3, -0.25) is 9.59 Å². The first-order valence-electron chi connectivity index (χ1n) is 13.2. The molecule has 4 heteroatoms. The lowest BCUT2D eigenvalue weighted by molar-refractivity contribution is -0.131. The fraction of sp³-hybridized carbons (Fsp3) is 0.786. The summed E-state index contributed by atoms with van der Waals surface area (Å²) in [5.41, 5.74) is 0. The van der Waals surface area contributed by atoms with Crippen molar-refractivity contribution in [1.82, 2.24) is 10.6 Å². The van der Waals surface area contributed by atoms with Crippen molar-refractivity contribution in [3.63, 3.8) is 0 Å².